The van der Waals surface area contributed by atoms with E-state index < -0.39 is 0 Å². The van der Waals surface area contributed by atoms with Crippen molar-refractivity contribution in [1.82, 2.24) is 10.3 Å². The zero-order valence-corrected chi connectivity index (χ0v) is 8.50. The molecule has 0 aliphatic rings. The second kappa shape index (κ2) is 5.21. The smallest absolute Gasteiger partial charge is 0.254 e. The molecule has 0 fully saturated rings. The molecule has 1 aromatic heterocycles. The minimum atomic E-state index is -0.114. The van der Waals surface area contributed by atoms with Gasteiger partial charge in [0.1, 0.15) is 0 Å². The van der Waals surface area contributed by atoms with Crippen LogP contribution in [0.5, 0.6) is 0 Å². The number of nitrogens with one attached hydrogen (secondary N) is 2. The van der Waals surface area contributed by atoms with Crippen LogP contribution in [0, 0.1) is 0 Å². The van der Waals surface area contributed by atoms with Gasteiger partial charge in [-0.15, -0.1) is 0 Å². The van der Waals surface area contributed by atoms with Crippen LogP contribution in [0.25, 0.3) is 0 Å². The number of hydrogen-bond acceptors (Lipinski definition) is 3. The molecular formula is C10H15N3O. The van der Waals surface area contributed by atoms with E-state index in [-0.39, 0.29) is 5.91 Å². The van der Waals surface area contributed by atoms with E-state index in [0.29, 0.717) is 5.56 Å². The first-order chi connectivity index (χ1) is 6.79. The van der Waals surface area contributed by atoms with E-state index in [1.807, 2.05) is 0 Å². The standard InChI is InChI=1S/C10H15N3O/c1-3-5-13-9-4-6-12-7-8(9)10(14)11-2/h4,6-7H,3,5H2,1-2H3,(H,11,14)(H,12,13). The van der Waals surface area contributed by atoms with Crippen molar-refractivity contribution in [3.63, 3.8) is 0 Å². The fourth-order valence-corrected chi connectivity index (χ4v) is 1.12. The molecule has 0 atom stereocenters. The van der Waals surface area contributed by atoms with Gasteiger partial charge in [0.05, 0.1) is 11.3 Å². The lowest BCUT2D eigenvalue weighted by Gasteiger charge is -2.08. The molecule has 0 saturated carbocycles. The van der Waals surface area contributed by atoms with E-state index in [4.69, 9.17) is 0 Å². The predicted octanol–water partition coefficient (Wildman–Crippen LogP) is 1.26. The summed E-state index contributed by atoms with van der Waals surface area (Å²) in [7, 11) is 1.61. The third-order valence-corrected chi connectivity index (χ3v) is 1.86. The Morgan fingerprint density at radius 3 is 3.00 bits per heavy atom. The zero-order chi connectivity index (χ0) is 10.4. The van der Waals surface area contributed by atoms with E-state index in [1.165, 1.54) is 0 Å². The number of aromatic nitrogens is 1. The second-order valence-electron chi connectivity index (χ2n) is 2.93. The lowest BCUT2D eigenvalue weighted by Crippen LogP contribution is -2.20. The summed E-state index contributed by atoms with van der Waals surface area (Å²) in [6, 6.07) is 1.81. The maximum Gasteiger partial charge on any atom is 0.254 e. The minimum Gasteiger partial charge on any atom is -0.384 e. The molecule has 14 heavy (non-hydrogen) atoms. The number of amides is 1. The average molecular weight is 193 g/mol. The molecular weight excluding hydrogens is 178 g/mol. The molecule has 1 heterocycles. The van der Waals surface area contributed by atoms with Gasteiger partial charge in [0, 0.05) is 26.0 Å². The Bertz CT molecular complexity index is 312. The Labute approximate surface area is 83.7 Å². The van der Waals surface area contributed by atoms with Crippen LogP contribution in [0.2, 0.25) is 0 Å². The van der Waals surface area contributed by atoms with Crippen LogP contribution in [0.3, 0.4) is 0 Å². The van der Waals surface area contributed by atoms with E-state index in [9.17, 15) is 4.79 Å². The van der Waals surface area contributed by atoms with Gasteiger partial charge in [0.15, 0.2) is 0 Å². The Hall–Kier alpha value is -1.58. The van der Waals surface area contributed by atoms with Gasteiger partial charge >= 0.3 is 0 Å². The second-order valence-corrected chi connectivity index (χ2v) is 2.93. The highest BCUT2D eigenvalue weighted by Gasteiger charge is 2.08. The molecule has 0 aromatic carbocycles. The number of pyridine rings is 1. The highest BCUT2D eigenvalue weighted by Crippen LogP contribution is 2.12. The van der Waals surface area contributed by atoms with Crippen molar-refractivity contribution in [2.45, 2.75) is 13.3 Å². The van der Waals surface area contributed by atoms with Gasteiger partial charge < -0.3 is 10.6 Å². The van der Waals surface area contributed by atoms with E-state index in [0.717, 1.165) is 18.7 Å². The summed E-state index contributed by atoms with van der Waals surface area (Å²) in [5.74, 6) is -0.114. The predicted molar refractivity (Wildman–Crippen MR) is 56.4 cm³/mol. The van der Waals surface area contributed by atoms with Gasteiger partial charge in [-0.3, -0.25) is 9.78 Å². The molecule has 1 amide bonds. The van der Waals surface area contributed by atoms with Crippen molar-refractivity contribution < 1.29 is 4.79 Å². The first-order valence-electron chi connectivity index (χ1n) is 4.69. The van der Waals surface area contributed by atoms with Crippen molar-refractivity contribution in [3.8, 4) is 0 Å². The molecule has 4 nitrogen and oxygen atoms in total. The molecule has 1 rings (SSSR count). The molecule has 0 unspecified atom stereocenters. The normalized spacial score (nSPS) is 9.57. The summed E-state index contributed by atoms with van der Waals surface area (Å²) >= 11 is 0. The molecule has 0 bridgehead atoms. The van der Waals surface area contributed by atoms with Gasteiger partial charge in [-0.2, -0.15) is 0 Å². The third-order valence-electron chi connectivity index (χ3n) is 1.86. The molecule has 0 aliphatic heterocycles. The summed E-state index contributed by atoms with van der Waals surface area (Å²) in [6.45, 7) is 2.93. The van der Waals surface area contributed by atoms with Crippen LogP contribution in [0.4, 0.5) is 5.69 Å². The Morgan fingerprint density at radius 2 is 2.36 bits per heavy atom. The number of carbonyl (C=O) groups excluding carboxylic acids is 1. The minimum absolute atomic E-state index is 0.114. The van der Waals surface area contributed by atoms with Crippen LogP contribution in [-0.4, -0.2) is 24.5 Å². The highest BCUT2D eigenvalue weighted by atomic mass is 16.1. The summed E-state index contributed by atoms with van der Waals surface area (Å²) in [5.41, 5.74) is 1.42. The number of rotatable bonds is 4. The Kier molecular flexibility index (Phi) is 3.91. The quantitative estimate of drug-likeness (QED) is 0.757. The molecule has 1 aromatic rings. The lowest BCUT2D eigenvalue weighted by molar-refractivity contribution is 0.0963. The van der Waals surface area contributed by atoms with Crippen molar-refractivity contribution in [3.05, 3.63) is 24.0 Å². The third kappa shape index (κ3) is 2.45. The Morgan fingerprint density at radius 1 is 1.57 bits per heavy atom. The van der Waals surface area contributed by atoms with Gasteiger partial charge in [-0.1, -0.05) is 6.92 Å². The SMILES string of the molecule is CCCNc1ccncc1C(=O)NC. The van der Waals surface area contributed by atoms with Crippen molar-refractivity contribution in [1.29, 1.82) is 0 Å². The Balaban J connectivity index is 2.85. The topological polar surface area (TPSA) is 54.0 Å². The number of carbonyl (C=O) groups is 1. The first-order valence-corrected chi connectivity index (χ1v) is 4.69. The lowest BCUT2D eigenvalue weighted by atomic mass is 10.2. The van der Waals surface area contributed by atoms with E-state index in [1.54, 1.807) is 25.5 Å². The summed E-state index contributed by atoms with van der Waals surface area (Å²) < 4.78 is 0. The van der Waals surface area contributed by atoms with Gasteiger partial charge in [-0.25, -0.2) is 0 Å². The number of nitrogens with zero attached hydrogens (tertiary/aromatic N) is 1. The van der Waals surface area contributed by atoms with Crippen LogP contribution >= 0.6 is 0 Å². The van der Waals surface area contributed by atoms with Gasteiger partial charge in [0.25, 0.3) is 5.91 Å². The molecule has 0 aliphatic carbocycles. The maximum absolute atomic E-state index is 11.4. The summed E-state index contributed by atoms with van der Waals surface area (Å²) in [4.78, 5) is 15.3. The zero-order valence-electron chi connectivity index (χ0n) is 8.50. The van der Waals surface area contributed by atoms with E-state index >= 15 is 0 Å². The fourth-order valence-electron chi connectivity index (χ4n) is 1.12. The maximum atomic E-state index is 11.4. The largest absolute Gasteiger partial charge is 0.384 e. The molecule has 0 spiro atoms. The molecule has 76 valence electrons. The van der Waals surface area contributed by atoms with Gasteiger partial charge in [0.2, 0.25) is 0 Å². The molecule has 2 N–H and O–H groups in total. The summed E-state index contributed by atoms with van der Waals surface area (Å²) in [6.07, 6.45) is 4.26. The fraction of sp³-hybridized carbons (Fsp3) is 0.400. The van der Waals surface area contributed by atoms with Crippen molar-refractivity contribution in [2.24, 2.45) is 0 Å². The monoisotopic (exact) mass is 193 g/mol. The average Bonchev–Trinajstić information content (AvgIpc) is 2.25. The van der Waals surface area contributed by atoms with Crippen molar-refractivity contribution >= 4 is 11.6 Å². The van der Waals surface area contributed by atoms with Crippen LogP contribution < -0.4 is 10.6 Å². The first kappa shape index (κ1) is 10.5. The van der Waals surface area contributed by atoms with Gasteiger partial charge in [-0.05, 0) is 12.5 Å². The highest BCUT2D eigenvalue weighted by molar-refractivity contribution is 5.99. The van der Waals surface area contributed by atoms with Crippen molar-refractivity contribution in [2.75, 3.05) is 18.9 Å². The molecule has 4 heteroatoms. The van der Waals surface area contributed by atoms with Crippen LogP contribution in [-0.2, 0) is 0 Å². The molecule has 0 saturated heterocycles. The molecule has 0 radical (unpaired) electrons. The number of hydrogen-bond donors (Lipinski definition) is 2. The summed E-state index contributed by atoms with van der Waals surface area (Å²) in [5, 5.41) is 5.76. The van der Waals surface area contributed by atoms with Crippen LogP contribution in [0.1, 0.15) is 23.7 Å². The van der Waals surface area contributed by atoms with E-state index in [2.05, 4.69) is 22.5 Å². The number of anilines is 1. The van der Waals surface area contributed by atoms with Crippen LogP contribution in [0.15, 0.2) is 18.5 Å².